The summed E-state index contributed by atoms with van der Waals surface area (Å²) in [6, 6.07) is 14.5. The molecule has 2 N–H and O–H groups in total. The number of aromatic hydroxyl groups is 1. The molecule has 23 heavy (non-hydrogen) atoms. The molecule has 0 fully saturated rings. The molecule has 0 saturated carbocycles. The van der Waals surface area contributed by atoms with Gasteiger partial charge in [-0.3, -0.25) is 4.79 Å². The lowest BCUT2D eigenvalue weighted by atomic mass is 10.0. The van der Waals surface area contributed by atoms with Crippen molar-refractivity contribution in [1.82, 2.24) is 4.90 Å². The molecule has 0 spiro atoms. The van der Waals surface area contributed by atoms with E-state index in [-0.39, 0.29) is 18.3 Å². The summed E-state index contributed by atoms with van der Waals surface area (Å²) in [5.74, 6) is 0.230. The van der Waals surface area contributed by atoms with Gasteiger partial charge in [-0.05, 0) is 55.2 Å². The van der Waals surface area contributed by atoms with Crippen molar-refractivity contribution in [2.45, 2.75) is 19.8 Å². The highest BCUT2D eigenvalue weighted by molar-refractivity contribution is 5.95. The second-order valence-corrected chi connectivity index (χ2v) is 5.44. The summed E-state index contributed by atoms with van der Waals surface area (Å²) in [4.78, 5) is 14.4. The van der Waals surface area contributed by atoms with Crippen molar-refractivity contribution in [2.24, 2.45) is 0 Å². The number of aliphatic hydroxyl groups is 1. The van der Waals surface area contributed by atoms with Gasteiger partial charge in [0, 0.05) is 25.3 Å². The van der Waals surface area contributed by atoms with Crippen LogP contribution in [0.1, 0.15) is 30.1 Å². The van der Waals surface area contributed by atoms with E-state index in [0.717, 1.165) is 17.5 Å². The molecule has 0 heterocycles. The molecule has 0 saturated heterocycles. The van der Waals surface area contributed by atoms with Crippen molar-refractivity contribution >= 4 is 5.91 Å². The van der Waals surface area contributed by atoms with E-state index in [1.807, 2.05) is 43.3 Å². The van der Waals surface area contributed by atoms with E-state index in [1.165, 1.54) is 0 Å². The van der Waals surface area contributed by atoms with Gasteiger partial charge in [0.05, 0.1) is 0 Å². The lowest BCUT2D eigenvalue weighted by Gasteiger charge is -2.21. The number of benzene rings is 2. The Balaban J connectivity index is 2.17. The molecular formula is C19H23NO3. The number of aliphatic hydroxyl groups excluding tert-OH is 1. The Bertz CT molecular complexity index is 637. The fourth-order valence-electron chi connectivity index (χ4n) is 2.49. The summed E-state index contributed by atoms with van der Waals surface area (Å²) in [6.07, 6.45) is 1.51. The fraction of sp³-hybridized carbons (Fsp3) is 0.316. The maximum atomic E-state index is 12.6. The first-order valence-corrected chi connectivity index (χ1v) is 7.95. The highest BCUT2D eigenvalue weighted by Gasteiger charge is 2.14. The molecule has 0 aliphatic heterocycles. The van der Waals surface area contributed by atoms with Gasteiger partial charge in [-0.1, -0.05) is 24.3 Å². The maximum absolute atomic E-state index is 12.6. The summed E-state index contributed by atoms with van der Waals surface area (Å²) in [5, 5.41) is 18.2. The predicted molar refractivity (Wildman–Crippen MR) is 91.4 cm³/mol. The lowest BCUT2D eigenvalue weighted by Crippen LogP contribution is -2.31. The van der Waals surface area contributed by atoms with Gasteiger partial charge >= 0.3 is 0 Å². The first kappa shape index (κ1) is 17.0. The molecule has 2 aromatic rings. The minimum absolute atomic E-state index is 0.00562. The molecule has 2 rings (SSSR count). The number of nitrogens with zero attached hydrogens (tertiary/aromatic N) is 1. The minimum atomic E-state index is 0.00562. The first-order valence-electron chi connectivity index (χ1n) is 7.95. The van der Waals surface area contributed by atoms with E-state index in [1.54, 1.807) is 17.0 Å². The summed E-state index contributed by atoms with van der Waals surface area (Å²) >= 11 is 0. The van der Waals surface area contributed by atoms with E-state index in [0.29, 0.717) is 25.1 Å². The van der Waals surface area contributed by atoms with E-state index in [2.05, 4.69) is 0 Å². The molecule has 4 nitrogen and oxygen atoms in total. The number of hydrogen-bond donors (Lipinski definition) is 2. The molecule has 122 valence electrons. The number of amides is 1. The third-order valence-electron chi connectivity index (χ3n) is 3.82. The maximum Gasteiger partial charge on any atom is 0.253 e. The highest BCUT2D eigenvalue weighted by Crippen LogP contribution is 2.23. The van der Waals surface area contributed by atoms with Crippen molar-refractivity contribution in [1.29, 1.82) is 0 Å². The highest BCUT2D eigenvalue weighted by atomic mass is 16.3. The molecule has 0 radical (unpaired) electrons. The third kappa shape index (κ3) is 4.57. The van der Waals surface area contributed by atoms with Crippen LogP contribution in [0.15, 0.2) is 48.5 Å². The number of phenolic OH excluding ortho intramolecular Hbond substituents is 1. The van der Waals surface area contributed by atoms with Gasteiger partial charge in [0.15, 0.2) is 0 Å². The molecule has 0 aromatic heterocycles. The van der Waals surface area contributed by atoms with Crippen LogP contribution in [0.5, 0.6) is 5.75 Å². The van der Waals surface area contributed by atoms with Gasteiger partial charge < -0.3 is 15.1 Å². The van der Waals surface area contributed by atoms with Crippen molar-refractivity contribution in [2.75, 3.05) is 19.7 Å². The summed E-state index contributed by atoms with van der Waals surface area (Å²) < 4.78 is 0. The van der Waals surface area contributed by atoms with Crippen LogP contribution in [0.2, 0.25) is 0 Å². The fourth-order valence-corrected chi connectivity index (χ4v) is 2.49. The van der Waals surface area contributed by atoms with Crippen LogP contribution in [0, 0.1) is 0 Å². The zero-order valence-corrected chi connectivity index (χ0v) is 13.4. The monoisotopic (exact) mass is 313 g/mol. The van der Waals surface area contributed by atoms with E-state index >= 15 is 0 Å². The van der Waals surface area contributed by atoms with Gasteiger partial charge in [-0.2, -0.15) is 0 Å². The first-order chi connectivity index (χ1) is 11.2. The number of phenols is 1. The van der Waals surface area contributed by atoms with Crippen molar-refractivity contribution in [3.05, 3.63) is 54.1 Å². The largest absolute Gasteiger partial charge is 0.508 e. The van der Waals surface area contributed by atoms with Gasteiger partial charge in [0.25, 0.3) is 5.91 Å². The molecule has 0 unspecified atom stereocenters. The summed E-state index contributed by atoms with van der Waals surface area (Å²) in [7, 11) is 0. The number of hydrogen-bond acceptors (Lipinski definition) is 3. The third-order valence-corrected chi connectivity index (χ3v) is 3.82. The smallest absolute Gasteiger partial charge is 0.253 e. The zero-order valence-electron chi connectivity index (χ0n) is 13.4. The molecule has 4 heteroatoms. The average molecular weight is 313 g/mol. The molecule has 1 amide bonds. The Labute approximate surface area is 137 Å². The van der Waals surface area contributed by atoms with Gasteiger partial charge in [-0.15, -0.1) is 0 Å². The van der Waals surface area contributed by atoms with Gasteiger partial charge in [-0.25, -0.2) is 0 Å². The summed E-state index contributed by atoms with van der Waals surface area (Å²) in [6.45, 7) is 3.41. The standard InChI is InChI=1S/C19H23NO3/c1-2-20(12-3-4-13-21)19(23)17-7-5-6-16(14-17)15-8-10-18(22)11-9-15/h5-11,14,21-22H,2-4,12-13H2,1H3. The normalized spacial score (nSPS) is 10.5. The van der Waals surface area contributed by atoms with Crippen LogP contribution in [0.4, 0.5) is 0 Å². The number of carbonyl (C=O) groups is 1. The Morgan fingerprint density at radius 1 is 1.04 bits per heavy atom. The molecular weight excluding hydrogens is 290 g/mol. The van der Waals surface area contributed by atoms with Gasteiger partial charge in [0.1, 0.15) is 5.75 Å². The van der Waals surface area contributed by atoms with Gasteiger partial charge in [0.2, 0.25) is 0 Å². The van der Waals surface area contributed by atoms with E-state index in [9.17, 15) is 9.90 Å². The number of unbranched alkanes of at least 4 members (excludes halogenated alkanes) is 1. The Morgan fingerprint density at radius 2 is 1.78 bits per heavy atom. The van der Waals surface area contributed by atoms with Crippen LogP contribution < -0.4 is 0 Å². The second-order valence-electron chi connectivity index (χ2n) is 5.44. The molecule has 0 bridgehead atoms. The molecule has 2 aromatic carbocycles. The van der Waals surface area contributed by atoms with Crippen molar-refractivity contribution in [3.63, 3.8) is 0 Å². The number of rotatable bonds is 7. The Kier molecular flexibility index (Phi) is 6.18. The number of carbonyl (C=O) groups excluding carboxylic acids is 1. The van der Waals surface area contributed by atoms with Crippen LogP contribution in [0.25, 0.3) is 11.1 Å². The summed E-state index contributed by atoms with van der Waals surface area (Å²) in [5.41, 5.74) is 2.56. The van der Waals surface area contributed by atoms with Crippen LogP contribution in [-0.2, 0) is 0 Å². The zero-order chi connectivity index (χ0) is 16.7. The van der Waals surface area contributed by atoms with Crippen molar-refractivity contribution < 1.29 is 15.0 Å². The van der Waals surface area contributed by atoms with Crippen LogP contribution in [-0.4, -0.2) is 40.7 Å². The topological polar surface area (TPSA) is 60.8 Å². The average Bonchev–Trinajstić information content (AvgIpc) is 2.59. The molecule has 0 aliphatic carbocycles. The van der Waals surface area contributed by atoms with Crippen molar-refractivity contribution in [3.8, 4) is 16.9 Å². The second kappa shape index (κ2) is 8.34. The Morgan fingerprint density at radius 3 is 2.43 bits per heavy atom. The quantitative estimate of drug-likeness (QED) is 0.771. The van der Waals surface area contributed by atoms with E-state index < -0.39 is 0 Å². The van der Waals surface area contributed by atoms with Crippen LogP contribution >= 0.6 is 0 Å². The minimum Gasteiger partial charge on any atom is -0.508 e. The SMILES string of the molecule is CCN(CCCCO)C(=O)c1cccc(-c2ccc(O)cc2)c1. The Hall–Kier alpha value is -2.33. The predicted octanol–water partition coefficient (Wildman–Crippen LogP) is 3.29. The molecule has 0 aliphatic rings. The van der Waals surface area contributed by atoms with E-state index in [4.69, 9.17) is 5.11 Å². The molecule has 0 atom stereocenters. The lowest BCUT2D eigenvalue weighted by molar-refractivity contribution is 0.0759. The van der Waals surface area contributed by atoms with Crippen LogP contribution in [0.3, 0.4) is 0 Å².